The molecule has 0 spiro atoms. The number of nitrogen functional groups attached to an aromatic ring is 1. The Kier molecular flexibility index (Phi) is 5.79. The summed E-state index contributed by atoms with van der Waals surface area (Å²) in [4.78, 5) is 8.77. The number of rotatable bonds is 5. The normalized spacial score (nSPS) is 11.2. The van der Waals surface area contributed by atoms with Gasteiger partial charge in [-0.3, -0.25) is 0 Å². The summed E-state index contributed by atoms with van der Waals surface area (Å²) < 4.78 is 39.1. The Morgan fingerprint density at radius 2 is 1.75 bits per heavy atom. The molecule has 4 aromatic rings. The number of alkyl halides is 3. The molecule has 9 heteroatoms. The quantitative estimate of drug-likeness (QED) is 0.391. The molecule has 3 N–H and O–H groups in total. The highest BCUT2D eigenvalue weighted by Gasteiger charge is 2.30. The van der Waals surface area contributed by atoms with Crippen LogP contribution < -0.4 is 11.1 Å². The number of hydrogen-bond donors (Lipinski definition) is 2. The summed E-state index contributed by atoms with van der Waals surface area (Å²) in [6.45, 7) is 0.480. The van der Waals surface area contributed by atoms with Crippen molar-refractivity contribution in [3.63, 3.8) is 0 Å². The molecular weight excluding hydrogens is 435 g/mol. The molecule has 0 fully saturated rings. The summed E-state index contributed by atoms with van der Waals surface area (Å²) in [6, 6.07) is 18.2. The molecule has 32 heavy (non-hydrogen) atoms. The van der Waals surface area contributed by atoms with Crippen molar-refractivity contribution >= 4 is 22.3 Å². The zero-order chi connectivity index (χ0) is 22.7. The number of nitriles is 1. The number of nitrogens with two attached hydrogens (primary N) is 1. The van der Waals surface area contributed by atoms with Crippen LogP contribution in [0, 0.1) is 11.3 Å². The van der Waals surface area contributed by atoms with Crippen molar-refractivity contribution < 1.29 is 13.2 Å². The maximum Gasteiger partial charge on any atom is 0.416 e. The second-order valence-electron chi connectivity index (χ2n) is 6.84. The Bertz CT molecular complexity index is 1280. The zero-order valence-corrected chi connectivity index (χ0v) is 17.3. The molecule has 0 radical (unpaired) electrons. The van der Waals surface area contributed by atoms with Crippen molar-refractivity contribution in [3.8, 4) is 27.8 Å². The molecule has 2 heterocycles. The average molecular weight is 451 g/mol. The molecule has 2 aromatic carbocycles. The summed E-state index contributed by atoms with van der Waals surface area (Å²) in [5.74, 6) is 0.0616. The Balaban J connectivity index is 1.82. The first kappa shape index (κ1) is 21.3. The largest absolute Gasteiger partial charge is 0.416 e. The molecule has 2 aromatic heterocycles. The Labute approximate surface area is 186 Å². The zero-order valence-electron chi connectivity index (χ0n) is 16.5. The second kappa shape index (κ2) is 8.69. The molecule has 160 valence electrons. The fourth-order valence-corrected chi connectivity index (χ4v) is 4.36. The van der Waals surface area contributed by atoms with Gasteiger partial charge in [0.2, 0.25) is 5.95 Å². The Morgan fingerprint density at radius 3 is 2.38 bits per heavy atom. The number of halogens is 3. The molecule has 0 aliphatic rings. The van der Waals surface area contributed by atoms with E-state index in [0.29, 0.717) is 38.8 Å². The lowest BCUT2D eigenvalue weighted by Crippen LogP contribution is -2.04. The lowest BCUT2D eigenvalue weighted by atomic mass is 9.99. The van der Waals surface area contributed by atoms with Crippen LogP contribution in [-0.4, -0.2) is 9.97 Å². The topological polar surface area (TPSA) is 87.6 Å². The number of hydrogen-bond acceptors (Lipinski definition) is 6. The van der Waals surface area contributed by atoms with E-state index in [0.717, 1.165) is 17.7 Å². The third-order valence-electron chi connectivity index (χ3n) is 4.72. The average Bonchev–Trinajstić information content (AvgIpc) is 3.16. The van der Waals surface area contributed by atoms with Crippen LogP contribution in [0.15, 0.2) is 66.9 Å². The first-order chi connectivity index (χ1) is 15.4. The predicted molar refractivity (Wildman–Crippen MR) is 119 cm³/mol. The molecule has 5 nitrogen and oxygen atoms in total. The van der Waals surface area contributed by atoms with E-state index in [1.807, 2.05) is 30.3 Å². The first-order valence-corrected chi connectivity index (χ1v) is 10.3. The van der Waals surface area contributed by atoms with Gasteiger partial charge < -0.3 is 11.1 Å². The van der Waals surface area contributed by atoms with Crippen LogP contribution in [0.25, 0.3) is 21.7 Å². The third kappa shape index (κ3) is 4.40. The summed E-state index contributed by atoms with van der Waals surface area (Å²) >= 11 is 1.29. The molecule has 0 saturated carbocycles. The van der Waals surface area contributed by atoms with Crippen molar-refractivity contribution in [1.82, 2.24) is 9.97 Å². The first-order valence-electron chi connectivity index (χ1n) is 9.48. The number of benzene rings is 2. The molecule has 0 amide bonds. The van der Waals surface area contributed by atoms with Gasteiger partial charge in [-0.05, 0) is 29.3 Å². The monoisotopic (exact) mass is 451 g/mol. The standard InChI is InChI=1S/C23H16F3N5S/c24-23(25,26)16-8-6-15(7-9-16)19-17(12-27)21(30-13-14-4-2-1-3-5-14)32-20(19)18-10-11-29-22(28)31-18/h1-11,30H,13H2,(H2,28,29,31). The van der Waals surface area contributed by atoms with E-state index in [1.54, 1.807) is 6.07 Å². The fourth-order valence-electron chi connectivity index (χ4n) is 3.22. The molecule has 0 bridgehead atoms. The van der Waals surface area contributed by atoms with Crippen LogP contribution in [0.5, 0.6) is 0 Å². The van der Waals surface area contributed by atoms with Crippen molar-refractivity contribution in [2.75, 3.05) is 11.1 Å². The van der Waals surface area contributed by atoms with Crippen LogP contribution >= 0.6 is 11.3 Å². The molecular formula is C23H16F3N5S. The molecule has 0 saturated heterocycles. The molecule has 0 atom stereocenters. The van der Waals surface area contributed by atoms with E-state index in [1.165, 1.54) is 29.7 Å². The smallest absolute Gasteiger partial charge is 0.372 e. The minimum atomic E-state index is -4.45. The Hall–Kier alpha value is -3.90. The number of nitrogens with one attached hydrogen (secondary N) is 1. The lowest BCUT2D eigenvalue weighted by molar-refractivity contribution is -0.137. The number of anilines is 2. The Morgan fingerprint density at radius 1 is 1.03 bits per heavy atom. The molecule has 0 aliphatic heterocycles. The van der Waals surface area contributed by atoms with Crippen LogP contribution in [0.3, 0.4) is 0 Å². The predicted octanol–water partition coefficient (Wildman–Crippen LogP) is 5.96. The van der Waals surface area contributed by atoms with Gasteiger partial charge in [0, 0.05) is 18.3 Å². The number of nitrogens with zero attached hydrogens (tertiary/aromatic N) is 3. The van der Waals surface area contributed by atoms with Crippen molar-refractivity contribution in [1.29, 1.82) is 5.26 Å². The van der Waals surface area contributed by atoms with Gasteiger partial charge in [-0.15, -0.1) is 11.3 Å². The van der Waals surface area contributed by atoms with Gasteiger partial charge in [0.25, 0.3) is 0 Å². The maximum absolute atomic E-state index is 13.0. The molecule has 0 aliphatic carbocycles. The van der Waals surface area contributed by atoms with Crippen molar-refractivity contribution in [3.05, 3.63) is 83.6 Å². The van der Waals surface area contributed by atoms with E-state index >= 15 is 0 Å². The van der Waals surface area contributed by atoms with Gasteiger partial charge in [0.05, 0.1) is 21.7 Å². The van der Waals surface area contributed by atoms with Gasteiger partial charge in [-0.2, -0.15) is 18.4 Å². The van der Waals surface area contributed by atoms with Crippen molar-refractivity contribution in [2.45, 2.75) is 12.7 Å². The second-order valence-corrected chi connectivity index (χ2v) is 7.86. The molecule has 0 unspecified atom stereocenters. The highest BCUT2D eigenvalue weighted by Crippen LogP contribution is 2.45. The van der Waals surface area contributed by atoms with Gasteiger partial charge in [-0.25, -0.2) is 9.97 Å². The summed E-state index contributed by atoms with van der Waals surface area (Å²) in [5, 5.41) is 13.8. The highest BCUT2D eigenvalue weighted by atomic mass is 32.1. The van der Waals surface area contributed by atoms with Crippen molar-refractivity contribution in [2.24, 2.45) is 0 Å². The van der Waals surface area contributed by atoms with E-state index in [4.69, 9.17) is 5.73 Å². The van der Waals surface area contributed by atoms with E-state index in [2.05, 4.69) is 21.4 Å². The van der Waals surface area contributed by atoms with Gasteiger partial charge in [0.1, 0.15) is 11.1 Å². The summed E-state index contributed by atoms with van der Waals surface area (Å²) in [6.07, 6.45) is -2.95. The highest BCUT2D eigenvalue weighted by molar-refractivity contribution is 7.20. The van der Waals surface area contributed by atoms with Gasteiger partial charge >= 0.3 is 6.18 Å². The van der Waals surface area contributed by atoms with Crippen LogP contribution in [-0.2, 0) is 12.7 Å². The fraction of sp³-hybridized carbons (Fsp3) is 0.0870. The van der Waals surface area contributed by atoms with Gasteiger partial charge in [-0.1, -0.05) is 42.5 Å². The van der Waals surface area contributed by atoms with Crippen LogP contribution in [0.2, 0.25) is 0 Å². The minimum absolute atomic E-state index is 0.0616. The SMILES string of the molecule is N#Cc1c(NCc2ccccc2)sc(-c2ccnc(N)n2)c1-c1ccc(C(F)(F)F)cc1. The number of aromatic nitrogens is 2. The lowest BCUT2D eigenvalue weighted by Gasteiger charge is -2.09. The van der Waals surface area contributed by atoms with E-state index in [9.17, 15) is 18.4 Å². The minimum Gasteiger partial charge on any atom is -0.372 e. The summed E-state index contributed by atoms with van der Waals surface area (Å²) in [7, 11) is 0. The molecule has 4 rings (SSSR count). The van der Waals surface area contributed by atoms with E-state index < -0.39 is 11.7 Å². The van der Waals surface area contributed by atoms with Crippen LogP contribution in [0.1, 0.15) is 16.7 Å². The van der Waals surface area contributed by atoms with Gasteiger partial charge in [0.15, 0.2) is 0 Å². The third-order valence-corrected chi connectivity index (χ3v) is 5.89. The van der Waals surface area contributed by atoms with E-state index in [-0.39, 0.29) is 5.95 Å². The van der Waals surface area contributed by atoms with Crippen LogP contribution in [0.4, 0.5) is 24.1 Å². The number of thiophene rings is 1. The summed E-state index contributed by atoms with van der Waals surface area (Å²) in [5.41, 5.74) is 7.80. The maximum atomic E-state index is 13.0.